The van der Waals surface area contributed by atoms with Crippen LogP contribution >= 0.6 is 0 Å². The molecule has 1 amide bonds. The van der Waals surface area contributed by atoms with E-state index in [1.54, 1.807) is 6.20 Å². The maximum atomic E-state index is 12.1. The molecule has 0 bridgehead atoms. The topological polar surface area (TPSA) is 94.0 Å². The Hall–Kier alpha value is -1.44. The Morgan fingerprint density at radius 2 is 2.05 bits per heavy atom. The molecular weight excluding hydrogens is 292 g/mol. The number of aromatic nitrogens is 3. The Kier molecular flexibility index (Phi) is 3.31. The molecule has 1 unspecified atom stereocenters. The molecule has 8 heteroatoms. The van der Waals surface area contributed by atoms with Crippen LogP contribution in [0.2, 0.25) is 0 Å². The van der Waals surface area contributed by atoms with Crippen molar-refractivity contribution in [3.8, 4) is 0 Å². The second-order valence-electron chi connectivity index (χ2n) is 6.65. The molecule has 1 aromatic rings. The second kappa shape index (κ2) is 4.79. The highest BCUT2D eigenvalue weighted by atomic mass is 32.2. The van der Waals surface area contributed by atoms with E-state index in [-0.39, 0.29) is 24.1 Å². The number of fused-ring (bicyclic) bond motifs is 1. The molecule has 2 fully saturated rings. The maximum absolute atomic E-state index is 12.1. The fourth-order valence-electron chi connectivity index (χ4n) is 3.57. The van der Waals surface area contributed by atoms with Crippen molar-refractivity contribution in [1.29, 1.82) is 0 Å². The van der Waals surface area contributed by atoms with Crippen molar-refractivity contribution in [3.63, 3.8) is 0 Å². The molecular formula is C13H20N4O3S. The van der Waals surface area contributed by atoms with Crippen molar-refractivity contribution in [3.05, 3.63) is 12.4 Å². The molecule has 2 aliphatic rings. The average molecular weight is 312 g/mol. The van der Waals surface area contributed by atoms with Crippen LogP contribution in [-0.4, -0.2) is 35.1 Å². The highest BCUT2D eigenvalue weighted by Gasteiger charge is 2.63. The first kappa shape index (κ1) is 14.5. The summed E-state index contributed by atoms with van der Waals surface area (Å²) in [6, 6.07) is 0. The van der Waals surface area contributed by atoms with Crippen LogP contribution in [0.4, 0.5) is 0 Å². The number of carbonyl (C=O) groups is 1. The molecule has 0 saturated heterocycles. The quantitative estimate of drug-likeness (QED) is 0.849. The predicted molar refractivity (Wildman–Crippen MR) is 75.4 cm³/mol. The number of nitrogens with one attached hydrogen (secondary N) is 1. The molecule has 0 spiro atoms. The number of aryl methyl sites for hydroxylation is 1. The predicted octanol–water partition coefficient (Wildman–Crippen LogP) is 0.406. The molecule has 0 aliphatic heterocycles. The van der Waals surface area contributed by atoms with Crippen LogP contribution in [0.5, 0.6) is 0 Å². The van der Waals surface area contributed by atoms with Gasteiger partial charge < -0.3 is 0 Å². The van der Waals surface area contributed by atoms with Crippen molar-refractivity contribution in [1.82, 2.24) is 19.7 Å². The normalized spacial score (nSPS) is 29.9. The average Bonchev–Trinajstić information content (AvgIpc) is 2.93. The monoisotopic (exact) mass is 312 g/mol. The van der Waals surface area contributed by atoms with Crippen molar-refractivity contribution in [2.75, 3.05) is 5.75 Å². The van der Waals surface area contributed by atoms with Crippen LogP contribution in [-0.2, 0) is 21.4 Å². The number of nitrogens with zero attached hydrogens (tertiary/aromatic N) is 3. The Morgan fingerprint density at radius 3 is 2.62 bits per heavy atom. The van der Waals surface area contributed by atoms with E-state index in [1.165, 1.54) is 10.9 Å². The summed E-state index contributed by atoms with van der Waals surface area (Å²) in [5.74, 6) is 0.468. The number of sulfonamides is 1. The number of carbonyl (C=O) groups excluding carboxylic acids is 1. The van der Waals surface area contributed by atoms with Gasteiger partial charge in [0.1, 0.15) is 0 Å². The summed E-state index contributed by atoms with van der Waals surface area (Å²) < 4.78 is 27.5. The fraction of sp³-hybridized carbons (Fsp3) is 0.769. The van der Waals surface area contributed by atoms with Crippen molar-refractivity contribution in [2.45, 2.75) is 33.2 Å². The van der Waals surface area contributed by atoms with Gasteiger partial charge in [0.25, 0.3) is 0 Å². The zero-order valence-electron chi connectivity index (χ0n) is 12.2. The van der Waals surface area contributed by atoms with Gasteiger partial charge in [0.2, 0.25) is 15.9 Å². The maximum Gasteiger partial charge on any atom is 0.236 e. The lowest BCUT2D eigenvalue weighted by Gasteiger charge is -2.16. The zero-order valence-corrected chi connectivity index (χ0v) is 13.0. The zero-order chi connectivity index (χ0) is 15.3. The summed E-state index contributed by atoms with van der Waals surface area (Å²) in [7, 11) is -3.61. The second-order valence-corrected chi connectivity index (χ2v) is 8.50. The van der Waals surface area contributed by atoms with Gasteiger partial charge in [-0.2, -0.15) is 0 Å². The van der Waals surface area contributed by atoms with Crippen LogP contribution in [0.3, 0.4) is 0 Å². The van der Waals surface area contributed by atoms with E-state index in [2.05, 4.69) is 28.9 Å². The number of hydrogen-bond acceptors (Lipinski definition) is 5. The molecule has 1 N–H and O–H groups in total. The first-order chi connectivity index (χ1) is 9.79. The Bertz CT molecular complexity index is 624. The summed E-state index contributed by atoms with van der Waals surface area (Å²) in [4.78, 5) is 12.1. The first-order valence-corrected chi connectivity index (χ1v) is 8.83. The molecule has 3 atom stereocenters. The molecule has 1 heterocycles. The van der Waals surface area contributed by atoms with Crippen LogP contribution in [0.15, 0.2) is 12.4 Å². The van der Waals surface area contributed by atoms with E-state index in [0.717, 1.165) is 12.8 Å². The molecule has 2 saturated carbocycles. The third kappa shape index (κ3) is 2.81. The summed E-state index contributed by atoms with van der Waals surface area (Å²) >= 11 is 0. The summed E-state index contributed by atoms with van der Waals surface area (Å²) in [6.07, 6.45) is 4.69. The molecule has 21 heavy (non-hydrogen) atoms. The Labute approximate surface area is 124 Å². The summed E-state index contributed by atoms with van der Waals surface area (Å²) in [5.41, 5.74) is 0.336. The third-order valence-electron chi connectivity index (χ3n) is 5.05. The van der Waals surface area contributed by atoms with E-state index in [4.69, 9.17) is 0 Å². The van der Waals surface area contributed by atoms with Crippen LogP contribution < -0.4 is 4.72 Å². The smallest absolute Gasteiger partial charge is 0.236 e. The van der Waals surface area contributed by atoms with E-state index in [0.29, 0.717) is 17.3 Å². The van der Waals surface area contributed by atoms with Crippen molar-refractivity contribution >= 4 is 15.9 Å². The fourth-order valence-corrected chi connectivity index (χ4v) is 4.57. The van der Waals surface area contributed by atoms with E-state index in [1.807, 2.05) is 0 Å². The molecule has 1 aromatic heterocycles. The van der Waals surface area contributed by atoms with Gasteiger partial charge in [-0.1, -0.05) is 19.1 Å². The minimum Gasteiger partial charge on any atom is -0.274 e. The first-order valence-electron chi connectivity index (χ1n) is 7.18. The third-order valence-corrected chi connectivity index (χ3v) is 6.28. The van der Waals surface area contributed by atoms with E-state index >= 15 is 0 Å². The van der Waals surface area contributed by atoms with Gasteiger partial charge in [-0.15, -0.1) is 5.10 Å². The van der Waals surface area contributed by atoms with E-state index in [9.17, 15) is 13.2 Å². The molecule has 0 aromatic carbocycles. The number of rotatable bonds is 5. The molecule has 2 aliphatic carbocycles. The van der Waals surface area contributed by atoms with E-state index < -0.39 is 10.0 Å². The summed E-state index contributed by atoms with van der Waals surface area (Å²) in [6.45, 7) is 4.61. The molecule has 0 radical (unpaired) electrons. The van der Waals surface area contributed by atoms with Crippen molar-refractivity contribution in [2.24, 2.45) is 23.2 Å². The van der Waals surface area contributed by atoms with Gasteiger partial charge in [0.05, 0.1) is 18.5 Å². The van der Waals surface area contributed by atoms with Crippen molar-refractivity contribution < 1.29 is 13.2 Å². The Balaban J connectivity index is 1.50. The largest absolute Gasteiger partial charge is 0.274 e. The standard InChI is InChI=1S/C13H20N4O3S/c1-13(2)10-7-9(8-11(10)13)12(18)15-21(19,20)6-5-17-4-3-14-16-17/h3-4,9-11H,5-8H2,1-2H3,(H,15,18)/t9?,10-,11+. The van der Waals surface area contributed by atoms with Gasteiger partial charge in [-0.05, 0) is 30.1 Å². The van der Waals surface area contributed by atoms with Crippen LogP contribution in [0.1, 0.15) is 26.7 Å². The summed E-state index contributed by atoms with van der Waals surface area (Å²) in [5, 5.41) is 7.30. The molecule has 116 valence electrons. The van der Waals surface area contributed by atoms with Gasteiger partial charge >= 0.3 is 0 Å². The minimum atomic E-state index is -3.61. The van der Waals surface area contributed by atoms with Gasteiger partial charge in [0, 0.05) is 12.1 Å². The van der Waals surface area contributed by atoms with Crippen LogP contribution in [0.25, 0.3) is 0 Å². The highest BCUT2D eigenvalue weighted by Crippen LogP contribution is 2.68. The van der Waals surface area contributed by atoms with Gasteiger partial charge in [-0.25, -0.2) is 8.42 Å². The molecule has 7 nitrogen and oxygen atoms in total. The van der Waals surface area contributed by atoms with Gasteiger partial charge in [-0.3, -0.25) is 14.2 Å². The van der Waals surface area contributed by atoms with Crippen LogP contribution in [0, 0.1) is 23.2 Å². The highest BCUT2D eigenvalue weighted by molar-refractivity contribution is 7.90. The Morgan fingerprint density at radius 1 is 1.38 bits per heavy atom. The number of hydrogen-bond donors (Lipinski definition) is 1. The number of amides is 1. The molecule has 3 rings (SSSR count). The minimum absolute atomic E-state index is 0.158. The lowest BCUT2D eigenvalue weighted by Crippen LogP contribution is -2.38. The SMILES string of the molecule is CC1(C)[C@@H]2CC(C(=O)NS(=O)(=O)CCn3ccnn3)C[C@@H]21. The van der Waals surface area contributed by atoms with Gasteiger partial charge in [0.15, 0.2) is 0 Å². The lowest BCUT2D eigenvalue weighted by atomic mass is 9.93. The lowest BCUT2D eigenvalue weighted by molar-refractivity contribution is -0.123.